The Labute approximate surface area is 240 Å². The number of carbonyl (C=O) groups excluding carboxylic acids is 4. The van der Waals surface area contributed by atoms with E-state index in [1.807, 2.05) is 6.92 Å². The van der Waals surface area contributed by atoms with Crippen LogP contribution in [0.2, 0.25) is 0 Å². The lowest BCUT2D eigenvalue weighted by atomic mass is 9.99. The molecule has 0 saturated heterocycles. The molecule has 2 aromatic carbocycles. The van der Waals surface area contributed by atoms with E-state index in [1.165, 1.54) is 4.90 Å². The first-order valence-electron chi connectivity index (χ1n) is 13.4. The molecule has 4 amide bonds. The highest BCUT2D eigenvalue weighted by molar-refractivity contribution is 5.99. The molecule has 2 aromatic rings. The fourth-order valence-electron chi connectivity index (χ4n) is 4.43. The Morgan fingerprint density at radius 3 is 2.20 bits per heavy atom. The summed E-state index contributed by atoms with van der Waals surface area (Å²) in [4.78, 5) is 54.0. The van der Waals surface area contributed by atoms with Crippen LogP contribution in [0.25, 0.3) is 0 Å². The predicted molar refractivity (Wildman–Crippen MR) is 155 cm³/mol. The molecule has 218 valence electrons. The quantitative estimate of drug-likeness (QED) is 0.357. The van der Waals surface area contributed by atoms with Crippen molar-refractivity contribution in [3.8, 4) is 18.1 Å². The summed E-state index contributed by atoms with van der Waals surface area (Å²) in [6.45, 7) is 7.07. The first kappa shape index (κ1) is 31.0. The second-order valence-corrected chi connectivity index (χ2v) is 11.1. The van der Waals surface area contributed by atoms with Gasteiger partial charge < -0.3 is 30.7 Å². The monoisotopic (exact) mass is 562 g/mol. The molecule has 41 heavy (non-hydrogen) atoms. The highest BCUT2D eigenvalue weighted by Gasteiger charge is 2.48. The van der Waals surface area contributed by atoms with Gasteiger partial charge in [0, 0.05) is 23.7 Å². The number of nitrogens with one attached hydrogen (secondary N) is 2. The van der Waals surface area contributed by atoms with Crippen molar-refractivity contribution in [3.63, 3.8) is 0 Å². The smallest absolute Gasteiger partial charge is 0.408 e. The minimum atomic E-state index is -1.16. The van der Waals surface area contributed by atoms with Crippen LogP contribution in [0.3, 0.4) is 0 Å². The SMILES string of the molecule is C#Cc1ccc(C(C(=O)Nc2ccc(OC)cc2)N(C(=O)C(CCC(N)=O)NC(=O)OC(C)(C)C)C2CC2C)cc1. The van der Waals surface area contributed by atoms with Gasteiger partial charge in [-0.05, 0) is 81.5 Å². The second kappa shape index (κ2) is 13.2. The third-order valence-electron chi connectivity index (χ3n) is 6.62. The number of rotatable bonds is 11. The zero-order valence-electron chi connectivity index (χ0n) is 24.1. The summed E-state index contributed by atoms with van der Waals surface area (Å²) in [7, 11) is 1.55. The van der Waals surface area contributed by atoms with Crippen LogP contribution in [-0.4, -0.2) is 53.5 Å². The van der Waals surface area contributed by atoms with Gasteiger partial charge in [-0.25, -0.2) is 4.79 Å². The zero-order valence-corrected chi connectivity index (χ0v) is 24.1. The molecule has 0 heterocycles. The third-order valence-corrected chi connectivity index (χ3v) is 6.62. The van der Waals surface area contributed by atoms with E-state index < -0.39 is 41.5 Å². The molecule has 4 N–H and O–H groups in total. The number of benzene rings is 2. The minimum absolute atomic E-state index is 0.0616. The molecule has 0 bridgehead atoms. The number of ether oxygens (including phenoxy) is 2. The van der Waals surface area contributed by atoms with Crippen molar-refractivity contribution in [3.05, 3.63) is 59.7 Å². The number of alkyl carbamates (subject to hydrolysis) is 1. The number of amides is 4. The predicted octanol–water partition coefficient (Wildman–Crippen LogP) is 3.75. The molecular weight excluding hydrogens is 524 g/mol. The normalized spacial score (nSPS) is 17.3. The van der Waals surface area contributed by atoms with Gasteiger partial charge in [0.05, 0.1) is 7.11 Å². The Hall–Kier alpha value is -4.52. The van der Waals surface area contributed by atoms with Gasteiger partial charge in [0.25, 0.3) is 5.91 Å². The van der Waals surface area contributed by atoms with E-state index in [0.717, 1.165) is 0 Å². The van der Waals surface area contributed by atoms with Gasteiger partial charge in [0.1, 0.15) is 23.4 Å². The van der Waals surface area contributed by atoms with E-state index in [9.17, 15) is 19.2 Å². The van der Waals surface area contributed by atoms with Crippen molar-refractivity contribution in [2.45, 2.75) is 70.7 Å². The largest absolute Gasteiger partial charge is 0.497 e. The molecule has 0 spiro atoms. The van der Waals surface area contributed by atoms with Crippen LogP contribution in [0.4, 0.5) is 10.5 Å². The molecule has 10 nitrogen and oxygen atoms in total. The van der Waals surface area contributed by atoms with Gasteiger partial charge in [-0.1, -0.05) is 25.0 Å². The minimum Gasteiger partial charge on any atom is -0.497 e. The number of hydrogen-bond acceptors (Lipinski definition) is 6. The Morgan fingerprint density at radius 2 is 1.71 bits per heavy atom. The molecule has 0 radical (unpaired) electrons. The fraction of sp³-hybridized carbons (Fsp3) is 0.419. The van der Waals surface area contributed by atoms with Crippen molar-refractivity contribution in [1.82, 2.24) is 10.2 Å². The summed E-state index contributed by atoms with van der Waals surface area (Å²) in [6, 6.07) is 11.1. The van der Waals surface area contributed by atoms with Gasteiger partial charge in [0.2, 0.25) is 11.8 Å². The Morgan fingerprint density at radius 1 is 1.10 bits per heavy atom. The molecule has 3 rings (SSSR count). The summed E-state index contributed by atoms with van der Waals surface area (Å²) in [6.07, 6.45) is 5.17. The average Bonchev–Trinajstić information content (AvgIpc) is 3.64. The lowest BCUT2D eigenvalue weighted by molar-refractivity contribution is -0.142. The maximum Gasteiger partial charge on any atom is 0.408 e. The van der Waals surface area contributed by atoms with Crippen molar-refractivity contribution in [2.24, 2.45) is 11.7 Å². The standard InChI is InChI=1S/C31H38N4O6/c1-7-20-8-10-21(11-9-20)27(28(37)33-22-12-14-23(40-6)15-13-22)35(25-18-19(25)2)29(38)24(16-17-26(32)36)34-30(39)41-31(3,4)5/h1,8-15,19,24-25,27H,16-18H2,2-6H3,(H2,32,36)(H,33,37)(H,34,39). The number of terminal acetylenes is 1. The number of methoxy groups -OCH3 is 1. The van der Waals surface area contributed by atoms with E-state index >= 15 is 0 Å². The zero-order chi connectivity index (χ0) is 30.3. The van der Waals surface area contributed by atoms with Crippen molar-refractivity contribution < 1.29 is 28.7 Å². The number of carbonyl (C=O) groups is 4. The molecule has 1 aliphatic carbocycles. The van der Waals surface area contributed by atoms with E-state index in [-0.39, 0.29) is 24.8 Å². The fourth-order valence-corrected chi connectivity index (χ4v) is 4.43. The molecule has 1 aliphatic rings. The molecule has 0 aliphatic heterocycles. The first-order chi connectivity index (χ1) is 19.3. The third kappa shape index (κ3) is 8.73. The molecule has 1 saturated carbocycles. The highest BCUT2D eigenvalue weighted by Crippen LogP contribution is 2.41. The Balaban J connectivity index is 2.02. The number of nitrogens with zero attached hydrogens (tertiary/aromatic N) is 1. The average molecular weight is 563 g/mol. The van der Waals surface area contributed by atoms with Gasteiger partial charge in [-0.15, -0.1) is 6.42 Å². The van der Waals surface area contributed by atoms with E-state index in [1.54, 1.807) is 76.4 Å². The lowest BCUT2D eigenvalue weighted by Crippen LogP contribution is -2.53. The lowest BCUT2D eigenvalue weighted by Gasteiger charge is -2.35. The summed E-state index contributed by atoms with van der Waals surface area (Å²) < 4.78 is 10.6. The maximum absolute atomic E-state index is 14.2. The van der Waals surface area contributed by atoms with Crippen LogP contribution >= 0.6 is 0 Å². The van der Waals surface area contributed by atoms with Crippen LogP contribution in [0.5, 0.6) is 5.75 Å². The summed E-state index contributed by atoms with van der Waals surface area (Å²) in [5.41, 5.74) is 6.23. The van der Waals surface area contributed by atoms with Crippen molar-refractivity contribution in [2.75, 3.05) is 12.4 Å². The van der Waals surface area contributed by atoms with Crippen molar-refractivity contribution in [1.29, 1.82) is 0 Å². The van der Waals surface area contributed by atoms with Gasteiger partial charge >= 0.3 is 6.09 Å². The van der Waals surface area contributed by atoms with Crippen LogP contribution in [-0.2, 0) is 19.1 Å². The second-order valence-electron chi connectivity index (χ2n) is 11.1. The van der Waals surface area contributed by atoms with Crippen LogP contribution in [0.1, 0.15) is 64.1 Å². The van der Waals surface area contributed by atoms with Crippen molar-refractivity contribution >= 4 is 29.5 Å². The van der Waals surface area contributed by atoms with Gasteiger partial charge in [0.15, 0.2) is 0 Å². The molecule has 10 heteroatoms. The number of primary amides is 1. The van der Waals surface area contributed by atoms with E-state index in [2.05, 4.69) is 16.6 Å². The van der Waals surface area contributed by atoms with E-state index in [0.29, 0.717) is 29.0 Å². The van der Waals surface area contributed by atoms with Gasteiger partial charge in [-0.3, -0.25) is 14.4 Å². The molecule has 4 unspecified atom stereocenters. The highest BCUT2D eigenvalue weighted by atomic mass is 16.6. The molecule has 1 fully saturated rings. The molecular formula is C31H38N4O6. The topological polar surface area (TPSA) is 140 Å². The number of anilines is 1. The number of hydrogen-bond donors (Lipinski definition) is 3. The maximum atomic E-state index is 14.2. The molecule has 4 atom stereocenters. The summed E-state index contributed by atoms with van der Waals surface area (Å²) >= 11 is 0. The van der Waals surface area contributed by atoms with E-state index in [4.69, 9.17) is 21.6 Å². The summed E-state index contributed by atoms with van der Waals surface area (Å²) in [5, 5.41) is 5.50. The Bertz CT molecular complexity index is 1290. The summed E-state index contributed by atoms with van der Waals surface area (Å²) in [5.74, 6) is 1.68. The number of nitrogens with two attached hydrogens (primary N) is 1. The van der Waals surface area contributed by atoms with Gasteiger partial charge in [-0.2, -0.15) is 0 Å². The first-order valence-corrected chi connectivity index (χ1v) is 13.4. The van der Waals surface area contributed by atoms with Crippen LogP contribution in [0.15, 0.2) is 48.5 Å². The Kier molecular flexibility index (Phi) is 10.0. The molecule has 0 aromatic heterocycles. The van der Waals surface area contributed by atoms with Crippen LogP contribution in [0, 0.1) is 18.3 Å². The van der Waals surface area contributed by atoms with Crippen LogP contribution < -0.4 is 21.1 Å².